The quantitative estimate of drug-likeness (QED) is 0.457. The first kappa shape index (κ1) is 12.1. The van der Waals surface area contributed by atoms with E-state index in [1.54, 1.807) is 6.92 Å². The highest BCUT2D eigenvalue weighted by atomic mass is 31.2. The summed E-state index contributed by atoms with van der Waals surface area (Å²) in [6, 6.07) is 0. The second-order valence-corrected chi connectivity index (χ2v) is 4.68. The van der Waals surface area contributed by atoms with Gasteiger partial charge in [0.05, 0.1) is 12.8 Å². The van der Waals surface area contributed by atoms with E-state index in [0.29, 0.717) is 6.42 Å². The van der Waals surface area contributed by atoms with Crippen molar-refractivity contribution >= 4 is 7.68 Å². The van der Waals surface area contributed by atoms with Gasteiger partial charge in [0.1, 0.15) is 0 Å². The lowest BCUT2D eigenvalue weighted by Gasteiger charge is -2.07. The Morgan fingerprint density at radius 2 is 1.92 bits per heavy atom. The van der Waals surface area contributed by atoms with Gasteiger partial charge in [0.25, 0.3) is 0 Å². The highest BCUT2D eigenvalue weighted by Crippen LogP contribution is 2.49. The third kappa shape index (κ3) is 6.81. The lowest BCUT2D eigenvalue weighted by Crippen LogP contribution is -1.90. The van der Waals surface area contributed by atoms with E-state index >= 15 is 0 Å². The second-order valence-electron chi connectivity index (χ2n) is 2.79. The fourth-order valence-corrected chi connectivity index (χ4v) is 2.10. The Bertz CT molecular complexity index is 150. The molecule has 0 aliphatic rings. The maximum absolute atomic E-state index is 12.9. The molecule has 0 fully saturated rings. The number of hydrogen-bond donors (Lipinski definition) is 0. The molecule has 4 heteroatoms. The molecule has 0 aliphatic heterocycles. The maximum Gasteiger partial charge on any atom is 0.367 e. The lowest BCUT2D eigenvalue weighted by molar-refractivity contribution is 0.303. The molecular weight excluding hydrogens is 178 g/mol. The molecule has 0 aromatic rings. The van der Waals surface area contributed by atoms with Crippen molar-refractivity contribution in [3.05, 3.63) is 0 Å². The minimum absolute atomic E-state index is 0.0842. The van der Waals surface area contributed by atoms with Crippen LogP contribution in [-0.4, -0.2) is 12.8 Å². The van der Waals surface area contributed by atoms with E-state index in [-0.39, 0.29) is 12.8 Å². The van der Waals surface area contributed by atoms with Crippen LogP contribution < -0.4 is 0 Å². The van der Waals surface area contributed by atoms with E-state index in [1.165, 1.54) is 0 Å². The summed E-state index contributed by atoms with van der Waals surface area (Å²) >= 11 is 0. The first-order chi connectivity index (χ1) is 5.62. The van der Waals surface area contributed by atoms with Crippen molar-refractivity contribution in [3.63, 3.8) is 0 Å². The zero-order valence-electron chi connectivity index (χ0n) is 7.88. The molecule has 0 spiro atoms. The van der Waals surface area contributed by atoms with Gasteiger partial charge in [-0.3, -0.25) is 4.57 Å². The smallest absolute Gasteiger partial charge is 0.306 e. The summed E-state index contributed by atoms with van der Waals surface area (Å²) in [6.45, 7) is 3.93. The number of unbranched alkanes of at least 4 members (excludes halogenated alkanes) is 3. The van der Waals surface area contributed by atoms with Gasteiger partial charge in [0.15, 0.2) is 0 Å². The average molecular weight is 196 g/mol. The monoisotopic (exact) mass is 196 g/mol. The van der Waals surface area contributed by atoms with Gasteiger partial charge >= 0.3 is 7.68 Å². The molecule has 0 heterocycles. The first-order valence-electron chi connectivity index (χ1n) is 4.55. The highest BCUT2D eigenvalue weighted by molar-refractivity contribution is 7.53. The topological polar surface area (TPSA) is 26.3 Å². The Morgan fingerprint density at radius 3 is 2.42 bits per heavy atom. The normalized spacial score (nSPS) is 15.9. The van der Waals surface area contributed by atoms with Crippen LogP contribution in [0.4, 0.5) is 4.20 Å². The first-order valence-corrected chi connectivity index (χ1v) is 6.25. The minimum Gasteiger partial charge on any atom is -0.306 e. The molecule has 1 unspecified atom stereocenters. The number of hydrogen-bond acceptors (Lipinski definition) is 2. The molecule has 0 rings (SSSR count). The van der Waals surface area contributed by atoms with Gasteiger partial charge in [-0.15, -0.1) is 0 Å². The Balaban J connectivity index is 3.41. The number of rotatable bonds is 7. The Hall–Kier alpha value is 0.120. The summed E-state index contributed by atoms with van der Waals surface area (Å²) in [7, 11) is -3.73. The van der Waals surface area contributed by atoms with Gasteiger partial charge in [0, 0.05) is 0 Å². The fourth-order valence-electron chi connectivity index (χ4n) is 0.985. The standard InChI is InChI=1S/C8H18FO2P/c1-3-5-6-7-8-12(9,10)11-4-2/h3-8H2,1-2H3. The molecule has 2 nitrogen and oxygen atoms in total. The van der Waals surface area contributed by atoms with E-state index in [4.69, 9.17) is 0 Å². The second kappa shape index (κ2) is 6.62. The van der Waals surface area contributed by atoms with Crippen LogP contribution in [0.3, 0.4) is 0 Å². The van der Waals surface area contributed by atoms with Gasteiger partial charge in [0.2, 0.25) is 0 Å². The van der Waals surface area contributed by atoms with Crippen LogP contribution in [0.25, 0.3) is 0 Å². The van der Waals surface area contributed by atoms with Crippen LogP contribution in [0.5, 0.6) is 0 Å². The molecule has 0 aliphatic carbocycles. The lowest BCUT2D eigenvalue weighted by atomic mass is 10.2. The van der Waals surface area contributed by atoms with Gasteiger partial charge in [-0.25, -0.2) is 0 Å². The predicted octanol–water partition coefficient (Wildman–Crippen LogP) is 3.77. The molecular formula is C8H18FO2P. The van der Waals surface area contributed by atoms with Crippen molar-refractivity contribution in [2.75, 3.05) is 12.8 Å². The Morgan fingerprint density at radius 1 is 1.25 bits per heavy atom. The van der Waals surface area contributed by atoms with Crippen molar-refractivity contribution < 1.29 is 13.3 Å². The number of halogens is 1. The van der Waals surface area contributed by atoms with Gasteiger partial charge in [-0.1, -0.05) is 26.2 Å². The SMILES string of the molecule is CCCCCCP(=O)(F)OCC. The molecule has 1 atom stereocenters. The molecule has 74 valence electrons. The Kier molecular flexibility index (Phi) is 6.68. The minimum atomic E-state index is -3.73. The van der Waals surface area contributed by atoms with Crippen molar-refractivity contribution in [1.29, 1.82) is 0 Å². The molecule has 0 aromatic carbocycles. The average Bonchev–Trinajstić information content (AvgIpc) is 1.98. The summed E-state index contributed by atoms with van der Waals surface area (Å²) in [5, 5.41) is 0. The van der Waals surface area contributed by atoms with E-state index in [0.717, 1.165) is 19.3 Å². The van der Waals surface area contributed by atoms with Crippen LogP contribution in [-0.2, 0) is 9.09 Å². The van der Waals surface area contributed by atoms with Gasteiger partial charge in [-0.05, 0) is 13.3 Å². The van der Waals surface area contributed by atoms with Crippen molar-refractivity contribution in [2.24, 2.45) is 0 Å². The summed E-state index contributed by atoms with van der Waals surface area (Å²) in [4.78, 5) is 0. The van der Waals surface area contributed by atoms with Crippen LogP contribution in [0.15, 0.2) is 0 Å². The molecule has 0 saturated carbocycles. The molecule has 0 radical (unpaired) electrons. The van der Waals surface area contributed by atoms with Crippen LogP contribution in [0.2, 0.25) is 0 Å². The third-order valence-electron chi connectivity index (χ3n) is 1.60. The van der Waals surface area contributed by atoms with Crippen molar-refractivity contribution in [3.8, 4) is 0 Å². The molecule has 12 heavy (non-hydrogen) atoms. The van der Waals surface area contributed by atoms with E-state index < -0.39 is 7.68 Å². The third-order valence-corrected chi connectivity index (χ3v) is 3.09. The van der Waals surface area contributed by atoms with Crippen LogP contribution >= 0.6 is 7.68 Å². The van der Waals surface area contributed by atoms with E-state index in [1.807, 2.05) is 0 Å². The van der Waals surface area contributed by atoms with Crippen molar-refractivity contribution in [2.45, 2.75) is 39.5 Å². The summed E-state index contributed by atoms with van der Waals surface area (Å²) < 4.78 is 28.2. The molecule has 0 amide bonds. The molecule has 0 N–H and O–H groups in total. The molecule has 0 saturated heterocycles. The fraction of sp³-hybridized carbons (Fsp3) is 1.00. The van der Waals surface area contributed by atoms with E-state index in [9.17, 15) is 8.76 Å². The largest absolute Gasteiger partial charge is 0.367 e. The van der Waals surface area contributed by atoms with Crippen LogP contribution in [0.1, 0.15) is 39.5 Å². The van der Waals surface area contributed by atoms with Crippen molar-refractivity contribution in [1.82, 2.24) is 0 Å². The summed E-state index contributed by atoms with van der Waals surface area (Å²) in [6.07, 6.45) is 3.87. The highest BCUT2D eigenvalue weighted by Gasteiger charge is 2.19. The van der Waals surface area contributed by atoms with Gasteiger partial charge < -0.3 is 4.52 Å². The zero-order valence-corrected chi connectivity index (χ0v) is 8.78. The van der Waals surface area contributed by atoms with E-state index in [2.05, 4.69) is 11.4 Å². The van der Waals surface area contributed by atoms with Gasteiger partial charge in [-0.2, -0.15) is 4.20 Å². The van der Waals surface area contributed by atoms with Crippen LogP contribution in [0, 0.1) is 0 Å². The summed E-state index contributed by atoms with van der Waals surface area (Å²) in [5.41, 5.74) is 0. The molecule has 0 bridgehead atoms. The summed E-state index contributed by atoms with van der Waals surface area (Å²) in [5.74, 6) is 0. The predicted molar refractivity (Wildman–Crippen MR) is 49.3 cm³/mol. The maximum atomic E-state index is 12.9. The molecule has 0 aromatic heterocycles. The Labute approximate surface area is 74.1 Å². The zero-order chi connectivity index (χ0) is 9.45.